The monoisotopic (exact) mass is 238 g/mol. The molecule has 2 radical (unpaired) electrons. The van der Waals surface area contributed by atoms with Crippen LogP contribution in [0.15, 0.2) is 0 Å². The van der Waals surface area contributed by atoms with Crippen LogP contribution in [-0.2, 0) is 9.05 Å². The van der Waals surface area contributed by atoms with Crippen LogP contribution in [0.4, 0.5) is 0 Å². The summed E-state index contributed by atoms with van der Waals surface area (Å²) in [6, 6.07) is 0. The number of nitrogens with zero attached hydrogens (tertiary/aromatic N) is 1. The molecule has 0 heterocycles. The highest BCUT2D eigenvalue weighted by atomic mass is 31.2. The Morgan fingerprint density at radius 3 is 2.53 bits per heavy atom. The highest BCUT2D eigenvalue weighted by Crippen LogP contribution is 2.30. The Hall–Kier alpha value is 0.230. The van der Waals surface area contributed by atoms with E-state index in [1.54, 1.807) is 0 Å². The van der Waals surface area contributed by atoms with Crippen LogP contribution in [0.5, 0.6) is 0 Å². The van der Waals surface area contributed by atoms with E-state index in [-0.39, 0.29) is 6.61 Å². The van der Waals surface area contributed by atoms with Crippen molar-refractivity contribution < 1.29 is 23.5 Å². The second kappa shape index (κ2) is 7.49. The first-order chi connectivity index (χ1) is 6.91. The van der Waals surface area contributed by atoms with Crippen LogP contribution >= 0.6 is 8.60 Å². The molecule has 6 heteroatoms. The lowest BCUT2D eigenvalue weighted by atomic mass is 10.3. The molecular formula is C9H21NO4P+. The zero-order valence-electron chi connectivity index (χ0n) is 9.59. The SMILES string of the molecule is [CH]CC[N+](C)(C)CC(O)COP(O)OC. The first-order valence-electron chi connectivity index (χ1n) is 4.77. The van der Waals surface area contributed by atoms with Crippen molar-refractivity contribution in [2.24, 2.45) is 0 Å². The van der Waals surface area contributed by atoms with Crippen molar-refractivity contribution in [1.29, 1.82) is 0 Å². The van der Waals surface area contributed by atoms with Gasteiger partial charge in [-0.15, -0.1) is 0 Å². The number of quaternary nitrogens is 1. The van der Waals surface area contributed by atoms with Gasteiger partial charge >= 0.3 is 8.60 Å². The van der Waals surface area contributed by atoms with Gasteiger partial charge in [0.05, 0.1) is 27.2 Å². The van der Waals surface area contributed by atoms with Crippen LogP contribution in [0.2, 0.25) is 0 Å². The summed E-state index contributed by atoms with van der Waals surface area (Å²) in [4.78, 5) is 8.99. The minimum atomic E-state index is -1.85. The molecule has 0 aromatic carbocycles. The molecule has 0 spiro atoms. The molecule has 0 bridgehead atoms. The average Bonchev–Trinajstić information content (AvgIpc) is 2.13. The van der Waals surface area contributed by atoms with Crippen LogP contribution in [0.3, 0.4) is 0 Å². The van der Waals surface area contributed by atoms with E-state index in [1.165, 1.54) is 7.11 Å². The summed E-state index contributed by atoms with van der Waals surface area (Å²) >= 11 is 0. The summed E-state index contributed by atoms with van der Waals surface area (Å²) in [5.41, 5.74) is 0. The number of aliphatic hydroxyl groups excluding tert-OH is 1. The van der Waals surface area contributed by atoms with Crippen molar-refractivity contribution in [2.45, 2.75) is 12.5 Å². The van der Waals surface area contributed by atoms with E-state index in [1.807, 2.05) is 14.1 Å². The molecule has 2 unspecified atom stereocenters. The van der Waals surface area contributed by atoms with Gasteiger partial charge in [0.2, 0.25) is 0 Å². The average molecular weight is 238 g/mol. The maximum atomic E-state index is 9.62. The molecule has 0 aromatic rings. The largest absolute Gasteiger partial charge is 0.385 e. The smallest absolute Gasteiger partial charge is 0.329 e. The van der Waals surface area contributed by atoms with E-state index >= 15 is 0 Å². The predicted octanol–water partition coefficient (Wildman–Crippen LogP) is 0.407. The summed E-state index contributed by atoms with van der Waals surface area (Å²) in [5.74, 6) is 0. The summed E-state index contributed by atoms with van der Waals surface area (Å²) in [5, 5.41) is 9.62. The maximum Gasteiger partial charge on any atom is 0.329 e. The zero-order chi connectivity index (χ0) is 11.9. The van der Waals surface area contributed by atoms with Gasteiger partial charge in [0.25, 0.3) is 0 Å². The molecule has 0 aromatic heterocycles. The van der Waals surface area contributed by atoms with Crippen molar-refractivity contribution in [3.63, 3.8) is 0 Å². The van der Waals surface area contributed by atoms with Crippen LogP contribution in [0.1, 0.15) is 6.42 Å². The first-order valence-corrected chi connectivity index (χ1v) is 5.90. The quantitative estimate of drug-likeness (QED) is 0.475. The van der Waals surface area contributed by atoms with Gasteiger partial charge in [0.1, 0.15) is 12.6 Å². The van der Waals surface area contributed by atoms with Crippen molar-refractivity contribution >= 4 is 8.60 Å². The molecule has 0 rings (SSSR count). The number of aliphatic hydroxyl groups is 1. The van der Waals surface area contributed by atoms with Gasteiger partial charge in [-0.25, -0.2) is 0 Å². The minimum Gasteiger partial charge on any atom is -0.385 e. The van der Waals surface area contributed by atoms with E-state index < -0.39 is 14.7 Å². The second-order valence-corrected chi connectivity index (χ2v) is 5.10. The number of likely N-dealkylation sites (N-methyl/N-ethyl adjacent to an activating group) is 1. The van der Waals surface area contributed by atoms with Crippen molar-refractivity contribution in [3.05, 3.63) is 6.92 Å². The lowest BCUT2D eigenvalue weighted by Crippen LogP contribution is -2.46. The van der Waals surface area contributed by atoms with Gasteiger partial charge in [-0.3, -0.25) is 0 Å². The molecule has 15 heavy (non-hydrogen) atoms. The van der Waals surface area contributed by atoms with Gasteiger partial charge in [0.15, 0.2) is 0 Å². The van der Waals surface area contributed by atoms with Gasteiger partial charge in [0, 0.05) is 7.11 Å². The number of rotatable bonds is 8. The fourth-order valence-electron chi connectivity index (χ4n) is 1.27. The Labute approximate surface area is 93.2 Å². The van der Waals surface area contributed by atoms with Crippen molar-refractivity contribution in [2.75, 3.05) is 40.9 Å². The van der Waals surface area contributed by atoms with Gasteiger partial charge in [-0.05, 0) is 13.3 Å². The van der Waals surface area contributed by atoms with Gasteiger partial charge < -0.3 is 23.5 Å². The first kappa shape index (κ1) is 15.2. The number of hydrogen-bond donors (Lipinski definition) is 2. The summed E-state index contributed by atoms with van der Waals surface area (Å²) in [6.07, 6.45) is -0.0513. The highest BCUT2D eigenvalue weighted by Gasteiger charge is 2.20. The number of hydrogen-bond acceptors (Lipinski definition) is 4. The third-order valence-corrected chi connectivity index (χ3v) is 2.66. The Balaban J connectivity index is 3.77. The fraction of sp³-hybridized carbons (Fsp3) is 0.889. The van der Waals surface area contributed by atoms with E-state index in [0.717, 1.165) is 6.54 Å². The third kappa shape index (κ3) is 8.08. The molecule has 0 fully saturated rings. The molecular weight excluding hydrogens is 217 g/mol. The fourth-order valence-corrected chi connectivity index (χ4v) is 1.67. The van der Waals surface area contributed by atoms with Crippen molar-refractivity contribution in [1.82, 2.24) is 0 Å². The normalized spacial score (nSPS) is 16.4. The standard InChI is InChI=1S/C9H21NO4P/c1-5-6-10(2,3)7-9(11)8-14-15(12)13-4/h1,9,11-12H,5-8H2,2-4H3/q+1. The minimum absolute atomic E-state index is 0.0717. The van der Waals surface area contributed by atoms with E-state index in [4.69, 9.17) is 16.3 Å². The molecule has 0 saturated heterocycles. The maximum absolute atomic E-state index is 9.62. The van der Waals surface area contributed by atoms with E-state index in [0.29, 0.717) is 17.4 Å². The Morgan fingerprint density at radius 1 is 1.47 bits per heavy atom. The molecule has 0 saturated carbocycles. The van der Waals surface area contributed by atoms with Gasteiger partial charge in [-0.1, -0.05) is 0 Å². The van der Waals surface area contributed by atoms with Crippen LogP contribution in [0.25, 0.3) is 0 Å². The van der Waals surface area contributed by atoms with Crippen LogP contribution in [-0.4, -0.2) is 61.5 Å². The molecule has 0 aliphatic rings. The molecule has 2 atom stereocenters. The molecule has 0 aliphatic carbocycles. The topological polar surface area (TPSA) is 58.9 Å². The zero-order valence-corrected chi connectivity index (χ0v) is 10.5. The van der Waals surface area contributed by atoms with E-state index in [2.05, 4.69) is 4.52 Å². The molecule has 0 amide bonds. The Bertz CT molecular complexity index is 168. The predicted molar refractivity (Wildman–Crippen MR) is 58.9 cm³/mol. The lowest BCUT2D eigenvalue weighted by Gasteiger charge is -2.31. The molecule has 5 nitrogen and oxygen atoms in total. The Morgan fingerprint density at radius 2 is 2.07 bits per heavy atom. The summed E-state index contributed by atoms with van der Waals surface area (Å²) in [7, 11) is 3.46. The Kier molecular flexibility index (Phi) is 7.61. The van der Waals surface area contributed by atoms with Gasteiger partial charge in [-0.2, -0.15) is 0 Å². The van der Waals surface area contributed by atoms with E-state index in [9.17, 15) is 5.11 Å². The summed E-state index contributed by atoms with van der Waals surface area (Å²) < 4.78 is 10.0. The highest BCUT2D eigenvalue weighted by molar-refractivity contribution is 7.40. The molecule has 90 valence electrons. The molecule has 2 N–H and O–H groups in total. The van der Waals surface area contributed by atoms with Crippen LogP contribution in [0, 0.1) is 6.92 Å². The second-order valence-electron chi connectivity index (χ2n) is 4.00. The lowest BCUT2D eigenvalue weighted by molar-refractivity contribution is -0.893. The summed E-state index contributed by atoms with van der Waals surface area (Å²) in [6.45, 7) is 6.84. The van der Waals surface area contributed by atoms with Crippen LogP contribution < -0.4 is 0 Å². The molecule has 0 aliphatic heterocycles. The third-order valence-electron chi connectivity index (χ3n) is 1.97. The van der Waals surface area contributed by atoms with Crippen molar-refractivity contribution in [3.8, 4) is 0 Å².